The molecule has 1 aromatic heterocycles. The summed E-state index contributed by atoms with van der Waals surface area (Å²) in [7, 11) is -3.02. The van der Waals surface area contributed by atoms with Gasteiger partial charge in [-0.25, -0.2) is 8.42 Å². The first-order chi connectivity index (χ1) is 12.7. The van der Waals surface area contributed by atoms with Crippen molar-refractivity contribution in [2.75, 3.05) is 17.8 Å². The van der Waals surface area contributed by atoms with Crippen LogP contribution >= 0.6 is 27.7 Å². The summed E-state index contributed by atoms with van der Waals surface area (Å²) >= 11 is 4.85. The molecule has 8 heteroatoms. The maximum absolute atomic E-state index is 11.5. The van der Waals surface area contributed by atoms with E-state index >= 15 is 0 Å². The molecule has 5 nitrogen and oxygen atoms in total. The highest BCUT2D eigenvalue weighted by Gasteiger charge is 2.17. The third kappa shape index (κ3) is 5.21. The van der Waals surface area contributed by atoms with Gasteiger partial charge in [0.15, 0.2) is 11.0 Å². The van der Waals surface area contributed by atoms with Crippen LogP contribution in [0.1, 0.15) is 11.1 Å². The number of aromatic nitrogens is 3. The predicted molar refractivity (Wildman–Crippen MR) is 114 cm³/mol. The molecule has 27 heavy (non-hydrogen) atoms. The van der Waals surface area contributed by atoms with Crippen LogP contribution in [-0.2, 0) is 9.84 Å². The van der Waals surface area contributed by atoms with E-state index in [1.165, 1.54) is 18.0 Å². The Bertz CT molecular complexity index is 1040. The number of thioether (sulfide) groups is 1. The quantitative estimate of drug-likeness (QED) is 0.503. The molecule has 1 heterocycles. The summed E-state index contributed by atoms with van der Waals surface area (Å²) in [5.74, 6) is 1.27. The van der Waals surface area contributed by atoms with Crippen molar-refractivity contribution in [1.82, 2.24) is 14.8 Å². The van der Waals surface area contributed by atoms with Gasteiger partial charge >= 0.3 is 0 Å². The van der Waals surface area contributed by atoms with Gasteiger partial charge < -0.3 is 0 Å². The van der Waals surface area contributed by atoms with Crippen molar-refractivity contribution in [2.45, 2.75) is 19.0 Å². The van der Waals surface area contributed by atoms with E-state index in [2.05, 4.69) is 58.2 Å². The standard InChI is InChI=1S/C19H20BrN3O2S2/c1-13-10-14(2)12-17(11-13)23-18(15-4-6-16(20)7-5-15)21-22-19(23)26-8-9-27(3,24)25/h4-7,10-12H,8-9H2,1-3H3. The van der Waals surface area contributed by atoms with E-state index in [9.17, 15) is 8.42 Å². The number of aryl methyl sites for hydroxylation is 2. The highest BCUT2D eigenvalue weighted by Crippen LogP contribution is 2.29. The average molecular weight is 466 g/mol. The van der Waals surface area contributed by atoms with Crippen LogP contribution in [0.15, 0.2) is 52.1 Å². The van der Waals surface area contributed by atoms with Gasteiger partial charge in [0.1, 0.15) is 9.84 Å². The van der Waals surface area contributed by atoms with Crippen molar-refractivity contribution in [1.29, 1.82) is 0 Å². The summed E-state index contributed by atoms with van der Waals surface area (Å²) in [6, 6.07) is 14.2. The molecule has 3 rings (SSSR count). The molecule has 0 fully saturated rings. The fourth-order valence-electron chi connectivity index (χ4n) is 2.75. The second kappa shape index (κ2) is 8.16. The zero-order valence-corrected chi connectivity index (χ0v) is 18.5. The van der Waals surface area contributed by atoms with Crippen molar-refractivity contribution in [3.05, 3.63) is 58.1 Å². The third-order valence-corrected chi connectivity index (χ3v) is 6.55. The Labute approximate surface area is 172 Å². The molecule has 0 spiro atoms. The van der Waals surface area contributed by atoms with Gasteiger partial charge in [-0.2, -0.15) is 0 Å². The Morgan fingerprint density at radius 2 is 1.67 bits per heavy atom. The first-order valence-corrected chi connectivity index (χ1v) is 12.2. The molecule has 0 N–H and O–H groups in total. The number of hydrogen-bond acceptors (Lipinski definition) is 5. The molecule has 3 aromatic rings. The predicted octanol–water partition coefficient (Wildman–Crippen LogP) is 4.45. The van der Waals surface area contributed by atoms with Gasteiger partial charge in [0.25, 0.3) is 0 Å². The monoisotopic (exact) mass is 465 g/mol. The maximum atomic E-state index is 11.5. The Morgan fingerprint density at radius 1 is 1.04 bits per heavy atom. The molecule has 0 aliphatic heterocycles. The summed E-state index contributed by atoms with van der Waals surface area (Å²) in [5.41, 5.74) is 4.21. The van der Waals surface area contributed by atoms with E-state index in [1.54, 1.807) is 0 Å². The van der Waals surface area contributed by atoms with Gasteiger partial charge in [0.05, 0.1) is 11.4 Å². The number of sulfone groups is 1. The topological polar surface area (TPSA) is 64.8 Å². The zero-order chi connectivity index (χ0) is 19.6. The Kier molecular flexibility index (Phi) is 6.08. The van der Waals surface area contributed by atoms with E-state index in [1.807, 2.05) is 28.8 Å². The number of rotatable bonds is 6. The Morgan fingerprint density at radius 3 is 2.26 bits per heavy atom. The molecular weight excluding hydrogens is 446 g/mol. The summed E-state index contributed by atoms with van der Waals surface area (Å²) < 4.78 is 25.9. The zero-order valence-electron chi connectivity index (χ0n) is 15.3. The highest BCUT2D eigenvalue weighted by atomic mass is 79.9. The van der Waals surface area contributed by atoms with Crippen LogP contribution in [0.2, 0.25) is 0 Å². The van der Waals surface area contributed by atoms with Crippen LogP contribution in [-0.4, -0.2) is 40.9 Å². The van der Waals surface area contributed by atoms with Crippen molar-refractivity contribution in [2.24, 2.45) is 0 Å². The van der Waals surface area contributed by atoms with Gasteiger partial charge in [0, 0.05) is 22.0 Å². The number of hydrogen-bond donors (Lipinski definition) is 0. The normalized spacial score (nSPS) is 11.7. The van der Waals surface area contributed by atoms with Gasteiger partial charge in [0.2, 0.25) is 0 Å². The summed E-state index contributed by atoms with van der Waals surface area (Å²) in [4.78, 5) is 0. The lowest BCUT2D eigenvalue weighted by Gasteiger charge is -2.12. The van der Waals surface area contributed by atoms with E-state index in [4.69, 9.17) is 0 Å². The molecule has 2 aromatic carbocycles. The fraction of sp³-hybridized carbons (Fsp3) is 0.263. The highest BCUT2D eigenvalue weighted by molar-refractivity contribution is 9.10. The van der Waals surface area contributed by atoms with Crippen molar-refractivity contribution < 1.29 is 8.42 Å². The first kappa shape index (κ1) is 20.1. The van der Waals surface area contributed by atoms with Crippen LogP contribution in [0.5, 0.6) is 0 Å². The molecule has 0 radical (unpaired) electrons. The summed E-state index contributed by atoms with van der Waals surface area (Å²) in [5, 5.41) is 9.42. The largest absolute Gasteiger partial charge is 0.270 e. The molecule has 0 aliphatic carbocycles. The fourth-order valence-corrected chi connectivity index (χ4v) is 5.16. The van der Waals surface area contributed by atoms with Gasteiger partial charge in [-0.05, 0) is 49.2 Å². The van der Waals surface area contributed by atoms with Gasteiger partial charge in [-0.1, -0.05) is 45.9 Å². The van der Waals surface area contributed by atoms with Crippen molar-refractivity contribution in [3.63, 3.8) is 0 Å². The Hall–Kier alpha value is -1.64. The Balaban J connectivity index is 2.07. The summed E-state index contributed by atoms with van der Waals surface area (Å²) in [6.07, 6.45) is 1.25. The van der Waals surface area contributed by atoms with E-state index in [-0.39, 0.29) is 5.75 Å². The van der Waals surface area contributed by atoms with Crippen LogP contribution in [0.4, 0.5) is 0 Å². The molecule has 0 atom stereocenters. The molecule has 0 saturated heterocycles. The first-order valence-electron chi connectivity index (χ1n) is 8.33. The molecule has 0 bridgehead atoms. The second-order valence-corrected chi connectivity index (χ2v) is 10.7. The maximum Gasteiger partial charge on any atom is 0.196 e. The minimum atomic E-state index is -3.02. The molecule has 0 amide bonds. The molecular formula is C19H20BrN3O2S2. The summed E-state index contributed by atoms with van der Waals surface area (Å²) in [6.45, 7) is 4.10. The van der Waals surface area contributed by atoms with Crippen LogP contribution < -0.4 is 0 Å². The SMILES string of the molecule is Cc1cc(C)cc(-n2c(SCCS(C)(=O)=O)nnc2-c2ccc(Br)cc2)c1. The lowest BCUT2D eigenvalue weighted by molar-refractivity contribution is 0.603. The third-order valence-electron chi connectivity index (χ3n) is 3.89. The molecule has 0 saturated carbocycles. The van der Waals surface area contributed by atoms with E-state index in [0.29, 0.717) is 10.9 Å². The van der Waals surface area contributed by atoms with Gasteiger partial charge in [-0.15, -0.1) is 10.2 Å². The molecule has 0 aliphatic rings. The molecule has 0 unspecified atom stereocenters. The lowest BCUT2D eigenvalue weighted by Crippen LogP contribution is -2.06. The van der Waals surface area contributed by atoms with Crippen LogP contribution in [0.25, 0.3) is 17.1 Å². The minimum Gasteiger partial charge on any atom is -0.270 e. The van der Waals surface area contributed by atoms with Crippen molar-refractivity contribution >= 4 is 37.5 Å². The minimum absolute atomic E-state index is 0.102. The number of halogens is 1. The molecule has 142 valence electrons. The second-order valence-electron chi connectivity index (χ2n) is 6.47. The lowest BCUT2D eigenvalue weighted by atomic mass is 10.1. The van der Waals surface area contributed by atoms with E-state index < -0.39 is 9.84 Å². The number of benzene rings is 2. The average Bonchev–Trinajstić information content (AvgIpc) is 2.97. The van der Waals surface area contributed by atoms with Gasteiger partial charge in [-0.3, -0.25) is 4.57 Å². The van der Waals surface area contributed by atoms with Crippen LogP contribution in [0.3, 0.4) is 0 Å². The van der Waals surface area contributed by atoms with Crippen LogP contribution in [0, 0.1) is 13.8 Å². The van der Waals surface area contributed by atoms with Crippen molar-refractivity contribution in [3.8, 4) is 17.1 Å². The number of nitrogens with zero attached hydrogens (tertiary/aromatic N) is 3. The smallest absolute Gasteiger partial charge is 0.196 e. The van der Waals surface area contributed by atoms with E-state index in [0.717, 1.165) is 32.7 Å².